The van der Waals surface area contributed by atoms with Gasteiger partial charge in [-0.25, -0.2) is 4.98 Å². The molecule has 0 radical (unpaired) electrons. The molecule has 0 saturated carbocycles. The number of nitrogens with one attached hydrogen (secondary N) is 1. The van der Waals surface area contributed by atoms with Crippen LogP contribution in [-0.2, 0) is 4.79 Å². The van der Waals surface area contributed by atoms with Gasteiger partial charge in [-0.2, -0.15) is 0 Å². The number of nitrogens with zero attached hydrogens (tertiary/aromatic N) is 3. The van der Waals surface area contributed by atoms with Crippen molar-refractivity contribution in [2.75, 3.05) is 37.4 Å². The first-order valence-corrected chi connectivity index (χ1v) is 9.83. The van der Waals surface area contributed by atoms with Gasteiger partial charge in [0.1, 0.15) is 5.82 Å². The third-order valence-corrected chi connectivity index (χ3v) is 5.90. The Kier molecular flexibility index (Phi) is 5.13. The molecule has 0 spiro atoms. The highest BCUT2D eigenvalue weighted by molar-refractivity contribution is 6.09. The minimum absolute atomic E-state index is 0.0279. The Morgan fingerprint density at radius 3 is 2.57 bits per heavy atom. The quantitative estimate of drug-likeness (QED) is 0.886. The summed E-state index contributed by atoms with van der Waals surface area (Å²) in [5.74, 6) is -0.0606. The van der Waals surface area contributed by atoms with Crippen LogP contribution in [0.2, 0.25) is 0 Å². The number of ketones is 1. The summed E-state index contributed by atoms with van der Waals surface area (Å²) in [7, 11) is 4.27. The molecule has 1 N–H and O–H groups in total. The molecule has 28 heavy (non-hydrogen) atoms. The number of aromatic nitrogens is 1. The van der Waals surface area contributed by atoms with E-state index in [0.29, 0.717) is 17.4 Å². The molecule has 1 saturated heterocycles. The van der Waals surface area contributed by atoms with Gasteiger partial charge < -0.3 is 15.1 Å². The zero-order valence-corrected chi connectivity index (χ0v) is 16.4. The second-order valence-electron chi connectivity index (χ2n) is 7.84. The van der Waals surface area contributed by atoms with Gasteiger partial charge in [0, 0.05) is 31.1 Å². The molecule has 1 aromatic heterocycles. The Labute approximate surface area is 165 Å². The second-order valence-corrected chi connectivity index (χ2v) is 7.84. The molecular weight excluding hydrogens is 352 g/mol. The number of carbonyl (C=O) groups is 2. The monoisotopic (exact) mass is 378 g/mol. The van der Waals surface area contributed by atoms with E-state index in [9.17, 15) is 9.59 Å². The van der Waals surface area contributed by atoms with Crippen molar-refractivity contribution >= 4 is 23.2 Å². The average Bonchev–Trinajstić information content (AvgIpc) is 3.06. The fraction of sp³-hybridized carbons (Fsp3) is 0.409. The first kappa shape index (κ1) is 18.6. The number of piperidine rings is 1. The van der Waals surface area contributed by atoms with Crippen LogP contribution in [0.15, 0.2) is 42.6 Å². The van der Waals surface area contributed by atoms with E-state index in [-0.39, 0.29) is 18.1 Å². The number of amides is 1. The molecule has 1 aliphatic carbocycles. The van der Waals surface area contributed by atoms with E-state index in [1.54, 1.807) is 6.07 Å². The van der Waals surface area contributed by atoms with Crippen LogP contribution in [0, 0.1) is 0 Å². The van der Waals surface area contributed by atoms with Gasteiger partial charge in [-0.3, -0.25) is 9.59 Å². The number of hydrogen-bond donors (Lipinski definition) is 1. The summed E-state index contributed by atoms with van der Waals surface area (Å²) >= 11 is 0. The van der Waals surface area contributed by atoms with Crippen LogP contribution in [0.4, 0.5) is 11.5 Å². The zero-order valence-electron chi connectivity index (χ0n) is 16.4. The van der Waals surface area contributed by atoms with Crippen molar-refractivity contribution in [1.82, 2.24) is 9.88 Å². The highest BCUT2D eigenvalue weighted by atomic mass is 16.2. The number of benzene rings is 1. The van der Waals surface area contributed by atoms with Crippen molar-refractivity contribution in [2.24, 2.45) is 0 Å². The molecule has 1 unspecified atom stereocenters. The molecule has 2 aromatic rings. The van der Waals surface area contributed by atoms with Crippen LogP contribution < -0.4 is 10.2 Å². The SMILES string of the molecule is CN(C)C1CCN(c2ccc(NC(=O)C3CC(=O)c4ccccc43)nc2)CC1. The minimum Gasteiger partial charge on any atom is -0.370 e. The van der Waals surface area contributed by atoms with E-state index in [1.165, 1.54) is 0 Å². The molecule has 1 aliphatic heterocycles. The molecule has 2 aliphatic rings. The number of fused-ring (bicyclic) bond motifs is 1. The Morgan fingerprint density at radius 2 is 1.89 bits per heavy atom. The average molecular weight is 378 g/mol. The largest absolute Gasteiger partial charge is 0.370 e. The van der Waals surface area contributed by atoms with Crippen molar-refractivity contribution in [1.29, 1.82) is 0 Å². The topological polar surface area (TPSA) is 65.5 Å². The maximum atomic E-state index is 12.7. The van der Waals surface area contributed by atoms with Crippen molar-refractivity contribution in [3.05, 3.63) is 53.7 Å². The number of carbonyl (C=O) groups excluding carboxylic acids is 2. The smallest absolute Gasteiger partial charge is 0.233 e. The predicted molar refractivity (Wildman–Crippen MR) is 110 cm³/mol. The summed E-state index contributed by atoms with van der Waals surface area (Å²) in [5.41, 5.74) is 2.55. The summed E-state index contributed by atoms with van der Waals surface area (Å²) in [4.78, 5) is 33.9. The Hall–Kier alpha value is -2.73. The molecule has 2 heterocycles. The van der Waals surface area contributed by atoms with Crippen LogP contribution in [0.1, 0.15) is 41.1 Å². The molecule has 6 nitrogen and oxygen atoms in total. The van der Waals surface area contributed by atoms with Gasteiger partial charge in [-0.15, -0.1) is 0 Å². The maximum Gasteiger partial charge on any atom is 0.233 e. The van der Waals surface area contributed by atoms with Crippen molar-refractivity contribution in [2.45, 2.75) is 31.2 Å². The van der Waals surface area contributed by atoms with Crippen LogP contribution in [-0.4, -0.2) is 54.8 Å². The Balaban J connectivity index is 1.39. The van der Waals surface area contributed by atoms with Crippen LogP contribution in [0.25, 0.3) is 0 Å². The highest BCUT2D eigenvalue weighted by Gasteiger charge is 2.34. The normalized spacial score (nSPS) is 19.8. The number of hydrogen-bond acceptors (Lipinski definition) is 5. The number of Topliss-reactive ketones (excluding diaryl/α,β-unsaturated/α-hetero) is 1. The molecule has 146 valence electrons. The van der Waals surface area contributed by atoms with E-state index >= 15 is 0 Å². The lowest BCUT2D eigenvalue weighted by Crippen LogP contribution is -2.42. The van der Waals surface area contributed by atoms with E-state index < -0.39 is 5.92 Å². The number of rotatable bonds is 4. The molecule has 0 bridgehead atoms. The summed E-state index contributed by atoms with van der Waals surface area (Å²) in [6, 6.07) is 11.8. The summed E-state index contributed by atoms with van der Waals surface area (Å²) in [6.45, 7) is 2.02. The minimum atomic E-state index is -0.435. The van der Waals surface area contributed by atoms with E-state index in [2.05, 4.69) is 34.2 Å². The van der Waals surface area contributed by atoms with Gasteiger partial charge in [0.15, 0.2) is 5.78 Å². The Bertz CT molecular complexity index is 870. The van der Waals surface area contributed by atoms with Crippen LogP contribution >= 0.6 is 0 Å². The molecule has 1 amide bonds. The standard InChI is InChI=1S/C22H26N4O2/c1-25(2)15-9-11-26(12-10-15)16-7-8-21(23-14-16)24-22(28)19-13-20(27)18-6-4-3-5-17(18)19/h3-8,14-15,19H,9-13H2,1-2H3,(H,23,24,28). The Morgan fingerprint density at radius 1 is 1.14 bits per heavy atom. The van der Waals surface area contributed by atoms with Crippen LogP contribution in [0.3, 0.4) is 0 Å². The lowest BCUT2D eigenvalue weighted by atomic mass is 10.0. The number of anilines is 2. The van der Waals surface area contributed by atoms with Crippen molar-refractivity contribution in [3.8, 4) is 0 Å². The van der Waals surface area contributed by atoms with Gasteiger partial charge in [0.2, 0.25) is 5.91 Å². The van der Waals surface area contributed by atoms with E-state index in [0.717, 1.165) is 37.2 Å². The predicted octanol–water partition coefficient (Wildman–Crippen LogP) is 2.92. The van der Waals surface area contributed by atoms with E-state index in [1.807, 2.05) is 36.5 Å². The fourth-order valence-corrected chi connectivity index (χ4v) is 4.19. The summed E-state index contributed by atoms with van der Waals surface area (Å²) in [5, 5.41) is 2.87. The molecule has 6 heteroatoms. The first-order chi connectivity index (χ1) is 13.5. The maximum absolute atomic E-state index is 12.7. The van der Waals surface area contributed by atoms with Crippen molar-refractivity contribution < 1.29 is 9.59 Å². The van der Waals surface area contributed by atoms with Crippen LogP contribution in [0.5, 0.6) is 0 Å². The molecule has 4 rings (SSSR count). The lowest BCUT2D eigenvalue weighted by molar-refractivity contribution is -0.117. The van der Waals surface area contributed by atoms with Gasteiger partial charge in [0.05, 0.1) is 17.8 Å². The number of pyridine rings is 1. The molecule has 1 aromatic carbocycles. The molecule has 1 fully saturated rings. The summed E-state index contributed by atoms with van der Waals surface area (Å²) < 4.78 is 0. The highest BCUT2D eigenvalue weighted by Crippen LogP contribution is 2.33. The third-order valence-electron chi connectivity index (χ3n) is 5.90. The summed E-state index contributed by atoms with van der Waals surface area (Å²) in [6.07, 6.45) is 4.32. The van der Waals surface area contributed by atoms with Gasteiger partial charge in [0.25, 0.3) is 0 Å². The van der Waals surface area contributed by atoms with Gasteiger partial charge in [-0.1, -0.05) is 24.3 Å². The zero-order chi connectivity index (χ0) is 19.7. The molecular formula is C22H26N4O2. The fourth-order valence-electron chi connectivity index (χ4n) is 4.19. The van der Waals surface area contributed by atoms with Gasteiger partial charge in [-0.05, 0) is 44.6 Å². The lowest BCUT2D eigenvalue weighted by Gasteiger charge is -2.36. The first-order valence-electron chi connectivity index (χ1n) is 9.83. The third kappa shape index (κ3) is 3.64. The van der Waals surface area contributed by atoms with E-state index in [4.69, 9.17) is 0 Å². The van der Waals surface area contributed by atoms with Crippen molar-refractivity contribution in [3.63, 3.8) is 0 Å². The second kappa shape index (κ2) is 7.72. The van der Waals surface area contributed by atoms with Gasteiger partial charge >= 0.3 is 0 Å². The molecule has 1 atom stereocenters.